The van der Waals surface area contributed by atoms with Crippen molar-refractivity contribution in [3.63, 3.8) is 0 Å². The van der Waals surface area contributed by atoms with Crippen molar-refractivity contribution in [1.82, 2.24) is 4.98 Å². The Balaban J connectivity index is 2.20. The number of aliphatic hydroxyl groups is 1. The van der Waals surface area contributed by atoms with Gasteiger partial charge in [0.2, 0.25) is 0 Å². The van der Waals surface area contributed by atoms with Gasteiger partial charge in [0.05, 0.1) is 11.6 Å². The van der Waals surface area contributed by atoms with E-state index in [0.29, 0.717) is 12.0 Å². The molecule has 1 aromatic carbocycles. The molecule has 0 aliphatic carbocycles. The molecule has 1 atom stereocenters. The van der Waals surface area contributed by atoms with E-state index in [0.717, 1.165) is 10.4 Å². The van der Waals surface area contributed by atoms with Gasteiger partial charge in [0.25, 0.3) is 0 Å². The lowest BCUT2D eigenvalue weighted by atomic mass is 10.0. The number of hydrogen-bond acceptors (Lipinski definition) is 3. The Morgan fingerprint density at radius 3 is 3.00 bits per heavy atom. The number of aryl methyl sites for hydroxylation is 1. The fraction of sp³-hybridized carbons (Fsp3) is 0.250. The summed E-state index contributed by atoms with van der Waals surface area (Å²) in [5.74, 6) is -0.316. The molecule has 4 heteroatoms. The lowest BCUT2D eigenvalue weighted by Crippen LogP contribution is -2.03. The Hall–Kier alpha value is -1.26. The Bertz CT molecular complexity index is 470. The largest absolute Gasteiger partial charge is 0.388 e. The van der Waals surface area contributed by atoms with Gasteiger partial charge in [-0.15, -0.1) is 11.3 Å². The molecule has 0 spiro atoms. The third-order valence-electron chi connectivity index (χ3n) is 2.48. The Labute approximate surface area is 97.4 Å². The predicted molar refractivity (Wildman–Crippen MR) is 61.9 cm³/mol. The first-order valence-corrected chi connectivity index (χ1v) is 5.86. The van der Waals surface area contributed by atoms with Crippen molar-refractivity contribution in [2.75, 3.05) is 0 Å². The Morgan fingerprint density at radius 1 is 1.50 bits per heavy atom. The van der Waals surface area contributed by atoms with E-state index in [-0.39, 0.29) is 5.82 Å². The highest BCUT2D eigenvalue weighted by atomic mass is 32.1. The molecule has 1 heterocycles. The van der Waals surface area contributed by atoms with E-state index in [2.05, 4.69) is 4.98 Å². The van der Waals surface area contributed by atoms with Crippen LogP contribution in [0.15, 0.2) is 29.9 Å². The fourth-order valence-corrected chi connectivity index (χ4v) is 2.25. The van der Waals surface area contributed by atoms with Crippen molar-refractivity contribution in [3.8, 4) is 0 Å². The summed E-state index contributed by atoms with van der Waals surface area (Å²) >= 11 is 1.49. The maximum absolute atomic E-state index is 13.1. The molecule has 0 saturated carbocycles. The second-order valence-electron chi connectivity index (χ2n) is 3.69. The number of aromatic nitrogens is 1. The van der Waals surface area contributed by atoms with E-state index >= 15 is 0 Å². The highest BCUT2D eigenvalue weighted by Gasteiger charge is 2.12. The van der Waals surface area contributed by atoms with Crippen LogP contribution in [0.25, 0.3) is 0 Å². The number of rotatable bonds is 3. The quantitative estimate of drug-likeness (QED) is 0.890. The van der Waals surface area contributed by atoms with Crippen molar-refractivity contribution < 1.29 is 9.50 Å². The van der Waals surface area contributed by atoms with Crippen LogP contribution in [-0.4, -0.2) is 10.1 Å². The zero-order chi connectivity index (χ0) is 11.5. The van der Waals surface area contributed by atoms with Crippen LogP contribution in [0.4, 0.5) is 4.39 Å². The molecule has 0 aliphatic heterocycles. The van der Waals surface area contributed by atoms with Gasteiger partial charge < -0.3 is 5.11 Å². The molecule has 16 heavy (non-hydrogen) atoms. The summed E-state index contributed by atoms with van der Waals surface area (Å²) in [5, 5.41) is 10.0. The van der Waals surface area contributed by atoms with E-state index < -0.39 is 6.10 Å². The normalized spacial score (nSPS) is 12.7. The highest BCUT2D eigenvalue weighted by Crippen LogP contribution is 2.23. The van der Waals surface area contributed by atoms with Crippen molar-refractivity contribution in [3.05, 3.63) is 51.7 Å². The molecule has 0 fully saturated rings. The minimum Gasteiger partial charge on any atom is -0.388 e. The van der Waals surface area contributed by atoms with Crippen LogP contribution >= 0.6 is 11.3 Å². The van der Waals surface area contributed by atoms with Gasteiger partial charge in [-0.1, -0.05) is 6.07 Å². The summed E-state index contributed by atoms with van der Waals surface area (Å²) in [6.45, 7) is 1.87. The van der Waals surface area contributed by atoms with Gasteiger partial charge in [-0.2, -0.15) is 0 Å². The number of hydrogen-bond donors (Lipinski definition) is 1. The minimum absolute atomic E-state index is 0.316. The third-order valence-corrected chi connectivity index (χ3v) is 3.28. The van der Waals surface area contributed by atoms with Crippen LogP contribution in [0.1, 0.15) is 22.1 Å². The average Bonchev–Trinajstić information content (AvgIpc) is 2.74. The first kappa shape index (κ1) is 11.2. The van der Waals surface area contributed by atoms with E-state index in [1.165, 1.54) is 23.5 Å². The van der Waals surface area contributed by atoms with Gasteiger partial charge in [0.15, 0.2) is 0 Å². The molecule has 1 unspecified atom stereocenters. The number of benzene rings is 1. The van der Waals surface area contributed by atoms with Gasteiger partial charge in [0, 0.05) is 17.5 Å². The van der Waals surface area contributed by atoms with Crippen LogP contribution < -0.4 is 0 Å². The molecular weight excluding hydrogens is 225 g/mol. The van der Waals surface area contributed by atoms with E-state index in [4.69, 9.17) is 0 Å². The monoisotopic (exact) mass is 237 g/mol. The standard InChI is InChI=1S/C12H12FNOS/c1-8-2-3-9(13)4-11(8)12(15)5-10-6-14-7-16-10/h2-4,6-7,12,15H,5H2,1H3. The van der Waals surface area contributed by atoms with Crippen LogP contribution in [0.5, 0.6) is 0 Å². The molecule has 0 aliphatic rings. The maximum atomic E-state index is 13.1. The second-order valence-corrected chi connectivity index (χ2v) is 4.66. The summed E-state index contributed by atoms with van der Waals surface area (Å²) in [4.78, 5) is 4.94. The summed E-state index contributed by atoms with van der Waals surface area (Å²) in [6, 6.07) is 4.47. The lowest BCUT2D eigenvalue weighted by molar-refractivity contribution is 0.178. The summed E-state index contributed by atoms with van der Waals surface area (Å²) < 4.78 is 13.1. The molecule has 1 aromatic heterocycles. The average molecular weight is 237 g/mol. The van der Waals surface area contributed by atoms with Crippen molar-refractivity contribution >= 4 is 11.3 Å². The number of aliphatic hydroxyl groups excluding tert-OH is 1. The van der Waals surface area contributed by atoms with E-state index in [1.807, 2.05) is 6.92 Å². The molecule has 0 radical (unpaired) electrons. The number of nitrogens with zero attached hydrogens (tertiary/aromatic N) is 1. The summed E-state index contributed by atoms with van der Waals surface area (Å²) in [6.07, 6.45) is 1.54. The fourth-order valence-electron chi connectivity index (χ4n) is 1.61. The molecule has 2 rings (SSSR count). The molecule has 2 nitrogen and oxygen atoms in total. The Morgan fingerprint density at radius 2 is 2.31 bits per heavy atom. The van der Waals surface area contributed by atoms with E-state index in [1.54, 1.807) is 17.8 Å². The lowest BCUT2D eigenvalue weighted by Gasteiger charge is -2.12. The predicted octanol–water partition coefficient (Wildman–Crippen LogP) is 2.87. The SMILES string of the molecule is Cc1ccc(F)cc1C(O)Cc1cncs1. The zero-order valence-corrected chi connectivity index (χ0v) is 9.67. The molecule has 0 amide bonds. The van der Waals surface area contributed by atoms with Crippen molar-refractivity contribution in [1.29, 1.82) is 0 Å². The van der Waals surface area contributed by atoms with Crippen LogP contribution in [0, 0.1) is 12.7 Å². The van der Waals surface area contributed by atoms with Gasteiger partial charge in [-0.3, -0.25) is 4.98 Å². The van der Waals surface area contributed by atoms with Crippen molar-refractivity contribution in [2.24, 2.45) is 0 Å². The first-order valence-electron chi connectivity index (χ1n) is 4.98. The zero-order valence-electron chi connectivity index (χ0n) is 8.85. The summed E-state index contributed by atoms with van der Waals surface area (Å²) in [7, 11) is 0. The molecular formula is C12H12FNOS. The maximum Gasteiger partial charge on any atom is 0.123 e. The van der Waals surface area contributed by atoms with Gasteiger partial charge in [0.1, 0.15) is 5.82 Å². The first-order chi connectivity index (χ1) is 7.66. The Kier molecular flexibility index (Phi) is 3.31. The van der Waals surface area contributed by atoms with Crippen LogP contribution in [0.3, 0.4) is 0 Å². The highest BCUT2D eigenvalue weighted by molar-refractivity contribution is 7.09. The molecule has 0 saturated heterocycles. The third kappa shape index (κ3) is 2.46. The summed E-state index contributed by atoms with van der Waals surface area (Å²) in [5.41, 5.74) is 3.27. The van der Waals surface area contributed by atoms with Gasteiger partial charge >= 0.3 is 0 Å². The number of halogens is 1. The molecule has 84 valence electrons. The molecule has 0 bridgehead atoms. The number of thiazole rings is 1. The van der Waals surface area contributed by atoms with Gasteiger partial charge in [-0.05, 0) is 30.2 Å². The second kappa shape index (κ2) is 4.72. The van der Waals surface area contributed by atoms with Gasteiger partial charge in [-0.25, -0.2) is 4.39 Å². The van der Waals surface area contributed by atoms with Crippen LogP contribution in [0.2, 0.25) is 0 Å². The molecule has 1 N–H and O–H groups in total. The molecule has 2 aromatic rings. The van der Waals surface area contributed by atoms with E-state index in [9.17, 15) is 9.50 Å². The van der Waals surface area contributed by atoms with Crippen molar-refractivity contribution in [2.45, 2.75) is 19.4 Å². The minimum atomic E-state index is -0.670. The van der Waals surface area contributed by atoms with Crippen LogP contribution in [-0.2, 0) is 6.42 Å². The topological polar surface area (TPSA) is 33.1 Å². The smallest absolute Gasteiger partial charge is 0.123 e.